The van der Waals surface area contributed by atoms with E-state index in [-0.39, 0.29) is 5.82 Å². The Morgan fingerprint density at radius 3 is 2.54 bits per heavy atom. The highest BCUT2D eigenvalue weighted by molar-refractivity contribution is 5.80. The van der Waals surface area contributed by atoms with Crippen molar-refractivity contribution in [3.8, 4) is 11.5 Å². The van der Waals surface area contributed by atoms with Crippen LogP contribution in [-0.2, 0) is 6.61 Å². The van der Waals surface area contributed by atoms with Gasteiger partial charge in [-0.1, -0.05) is 12.1 Å². The summed E-state index contributed by atoms with van der Waals surface area (Å²) in [6.07, 6.45) is 1.85. The molecule has 1 heterocycles. The molecule has 138 valence electrons. The number of methoxy groups -OCH3 is 1. The molecule has 6 heteroatoms. The lowest BCUT2D eigenvalue weighted by Gasteiger charge is -2.27. The lowest BCUT2D eigenvalue weighted by molar-refractivity contribution is -0.884. The average molecular weight is 358 g/mol. The molecule has 0 atom stereocenters. The quantitative estimate of drug-likeness (QED) is 0.797. The highest BCUT2D eigenvalue weighted by Gasteiger charge is 2.14. The van der Waals surface area contributed by atoms with Crippen LogP contribution in [0, 0.1) is 5.82 Å². The van der Waals surface area contributed by atoms with Gasteiger partial charge in [0, 0.05) is 0 Å². The van der Waals surface area contributed by atoms with Crippen LogP contribution in [0.2, 0.25) is 0 Å². The minimum atomic E-state index is -0.253. The third-order valence-electron chi connectivity index (χ3n) is 4.46. The van der Waals surface area contributed by atoms with E-state index < -0.39 is 0 Å². The first-order valence-electron chi connectivity index (χ1n) is 8.79. The van der Waals surface area contributed by atoms with Gasteiger partial charge < -0.3 is 14.4 Å². The molecule has 2 aromatic rings. The third-order valence-corrected chi connectivity index (χ3v) is 4.46. The van der Waals surface area contributed by atoms with Crippen molar-refractivity contribution >= 4 is 6.21 Å². The fourth-order valence-corrected chi connectivity index (χ4v) is 2.77. The molecule has 0 saturated carbocycles. The Morgan fingerprint density at radius 2 is 1.85 bits per heavy atom. The molecule has 26 heavy (non-hydrogen) atoms. The van der Waals surface area contributed by atoms with Gasteiger partial charge in [0.1, 0.15) is 12.4 Å². The number of benzene rings is 2. The summed E-state index contributed by atoms with van der Waals surface area (Å²) in [6, 6.07) is 12.0. The SMILES string of the molecule is COc1cc(/C=N\N2CC[NH+](C)CC2)ccc1OCc1ccc(F)cc1. The number of likely N-dealkylation sites (N-methyl/N-ethyl adjacent to an activating group) is 1. The van der Waals surface area contributed by atoms with Crippen molar-refractivity contribution < 1.29 is 18.8 Å². The second-order valence-electron chi connectivity index (χ2n) is 6.48. The number of piperazine rings is 1. The van der Waals surface area contributed by atoms with Gasteiger partial charge in [-0.25, -0.2) is 4.39 Å². The summed E-state index contributed by atoms with van der Waals surface area (Å²) in [5.41, 5.74) is 1.86. The van der Waals surface area contributed by atoms with Gasteiger partial charge in [0.05, 0.1) is 46.6 Å². The highest BCUT2D eigenvalue weighted by Crippen LogP contribution is 2.28. The lowest BCUT2D eigenvalue weighted by Crippen LogP contribution is -3.11. The second-order valence-corrected chi connectivity index (χ2v) is 6.48. The van der Waals surface area contributed by atoms with Gasteiger partial charge in [0.15, 0.2) is 11.5 Å². The Kier molecular flexibility index (Phi) is 6.07. The fourth-order valence-electron chi connectivity index (χ4n) is 2.77. The number of nitrogens with one attached hydrogen (secondary N) is 1. The zero-order valence-electron chi connectivity index (χ0n) is 15.2. The molecule has 0 radical (unpaired) electrons. The topological polar surface area (TPSA) is 38.5 Å². The zero-order valence-corrected chi connectivity index (χ0v) is 15.2. The minimum Gasteiger partial charge on any atom is -0.493 e. The van der Waals surface area contributed by atoms with Crippen molar-refractivity contribution in [3.63, 3.8) is 0 Å². The van der Waals surface area contributed by atoms with Crippen LogP contribution in [-0.4, -0.2) is 51.6 Å². The number of hydrogen-bond donors (Lipinski definition) is 1. The van der Waals surface area contributed by atoms with E-state index in [1.807, 2.05) is 24.4 Å². The van der Waals surface area contributed by atoms with E-state index in [0.717, 1.165) is 37.3 Å². The molecule has 2 aromatic carbocycles. The molecule has 5 nitrogen and oxygen atoms in total. The normalized spacial score (nSPS) is 15.4. The molecule has 1 aliphatic heterocycles. The number of halogens is 1. The van der Waals surface area contributed by atoms with Crippen LogP contribution in [0.5, 0.6) is 11.5 Å². The second kappa shape index (κ2) is 8.67. The van der Waals surface area contributed by atoms with Crippen molar-refractivity contribution in [2.45, 2.75) is 6.61 Å². The Bertz CT molecular complexity index is 741. The van der Waals surface area contributed by atoms with E-state index in [9.17, 15) is 4.39 Å². The fraction of sp³-hybridized carbons (Fsp3) is 0.350. The molecule has 0 spiro atoms. The maximum Gasteiger partial charge on any atom is 0.161 e. The van der Waals surface area contributed by atoms with E-state index in [1.54, 1.807) is 24.1 Å². The average Bonchev–Trinajstić information content (AvgIpc) is 2.67. The van der Waals surface area contributed by atoms with Crippen molar-refractivity contribution in [1.82, 2.24) is 5.01 Å². The summed E-state index contributed by atoms with van der Waals surface area (Å²) in [5, 5.41) is 6.65. The molecule has 0 unspecified atom stereocenters. The molecule has 0 aromatic heterocycles. The third kappa shape index (κ3) is 4.95. The first-order chi connectivity index (χ1) is 12.6. The Morgan fingerprint density at radius 1 is 1.12 bits per heavy atom. The van der Waals surface area contributed by atoms with Crippen LogP contribution in [0.4, 0.5) is 4.39 Å². The number of hydrazone groups is 1. The van der Waals surface area contributed by atoms with Gasteiger partial charge >= 0.3 is 0 Å². The standard InChI is InChI=1S/C20H24FN3O2/c1-23-9-11-24(12-10-23)22-14-17-5-8-19(20(13-17)25-2)26-15-16-3-6-18(21)7-4-16/h3-8,13-14H,9-12,15H2,1-2H3/p+1/b22-14-. The summed E-state index contributed by atoms with van der Waals surface area (Å²) < 4.78 is 24.2. The van der Waals surface area contributed by atoms with E-state index in [0.29, 0.717) is 18.1 Å². The minimum absolute atomic E-state index is 0.253. The van der Waals surface area contributed by atoms with Gasteiger partial charge in [-0.15, -0.1) is 0 Å². The molecule has 0 amide bonds. The molecule has 0 bridgehead atoms. The molecule has 1 fully saturated rings. The molecule has 1 saturated heterocycles. The summed E-state index contributed by atoms with van der Waals surface area (Å²) in [4.78, 5) is 1.54. The molecule has 3 rings (SSSR count). The van der Waals surface area contributed by atoms with Crippen LogP contribution >= 0.6 is 0 Å². The summed E-state index contributed by atoms with van der Waals surface area (Å²) >= 11 is 0. The number of hydrogen-bond acceptors (Lipinski definition) is 4. The molecular weight excluding hydrogens is 333 g/mol. The zero-order chi connectivity index (χ0) is 18.4. The van der Waals surface area contributed by atoms with E-state index >= 15 is 0 Å². The van der Waals surface area contributed by atoms with E-state index in [1.165, 1.54) is 12.1 Å². The van der Waals surface area contributed by atoms with Crippen molar-refractivity contribution in [3.05, 3.63) is 59.4 Å². The van der Waals surface area contributed by atoms with Crippen LogP contribution in [0.3, 0.4) is 0 Å². The highest BCUT2D eigenvalue weighted by atomic mass is 19.1. The Labute approximate surface area is 153 Å². The molecular formula is C20H25FN3O2+. The lowest BCUT2D eigenvalue weighted by atomic mass is 10.2. The van der Waals surface area contributed by atoms with Gasteiger partial charge in [0.25, 0.3) is 0 Å². The van der Waals surface area contributed by atoms with Gasteiger partial charge in [-0.3, -0.25) is 5.01 Å². The summed E-state index contributed by atoms with van der Waals surface area (Å²) in [7, 11) is 3.82. The van der Waals surface area contributed by atoms with E-state index in [2.05, 4.69) is 17.2 Å². The first-order valence-corrected chi connectivity index (χ1v) is 8.79. The molecule has 1 N–H and O–H groups in total. The Hall–Kier alpha value is -2.60. The van der Waals surface area contributed by atoms with Gasteiger partial charge in [-0.05, 0) is 41.5 Å². The monoisotopic (exact) mass is 358 g/mol. The number of quaternary nitrogens is 1. The van der Waals surface area contributed by atoms with Gasteiger partial charge in [0.2, 0.25) is 0 Å². The van der Waals surface area contributed by atoms with E-state index in [4.69, 9.17) is 9.47 Å². The Balaban J connectivity index is 1.62. The molecule has 0 aliphatic carbocycles. The first kappa shape index (κ1) is 18.2. The van der Waals surface area contributed by atoms with Crippen molar-refractivity contribution in [2.24, 2.45) is 5.10 Å². The van der Waals surface area contributed by atoms with Crippen LogP contribution in [0.1, 0.15) is 11.1 Å². The number of ether oxygens (including phenoxy) is 2. The predicted octanol–water partition coefficient (Wildman–Crippen LogP) is 1.58. The van der Waals surface area contributed by atoms with Crippen molar-refractivity contribution in [1.29, 1.82) is 0 Å². The number of rotatable bonds is 6. The summed E-state index contributed by atoms with van der Waals surface area (Å²) in [5.74, 6) is 1.05. The van der Waals surface area contributed by atoms with Crippen LogP contribution in [0.25, 0.3) is 0 Å². The summed E-state index contributed by atoms with van der Waals surface area (Å²) in [6.45, 7) is 4.51. The van der Waals surface area contributed by atoms with Crippen LogP contribution < -0.4 is 14.4 Å². The predicted molar refractivity (Wildman–Crippen MR) is 99.5 cm³/mol. The van der Waals surface area contributed by atoms with Crippen molar-refractivity contribution in [2.75, 3.05) is 40.3 Å². The van der Waals surface area contributed by atoms with Crippen LogP contribution in [0.15, 0.2) is 47.6 Å². The smallest absolute Gasteiger partial charge is 0.161 e. The number of nitrogens with zero attached hydrogens (tertiary/aromatic N) is 2. The maximum absolute atomic E-state index is 13.0. The molecule has 1 aliphatic rings. The van der Waals surface area contributed by atoms with Gasteiger partial charge in [-0.2, -0.15) is 5.10 Å². The largest absolute Gasteiger partial charge is 0.493 e. The maximum atomic E-state index is 13.0.